The van der Waals surface area contributed by atoms with Crippen LogP contribution in [0.3, 0.4) is 0 Å². The number of aliphatic carboxylic acids is 1. The fourth-order valence-corrected chi connectivity index (χ4v) is 0.686. The minimum Gasteiger partial charge on any atom is -0.478 e. The Hall–Kier alpha value is -1.03. The molecule has 3 N–H and O–H groups in total. The summed E-state index contributed by atoms with van der Waals surface area (Å²) in [6.45, 7) is 1.98. The van der Waals surface area contributed by atoms with Crippen LogP contribution in [0.2, 0.25) is 0 Å². The van der Waals surface area contributed by atoms with E-state index in [1.165, 1.54) is 0 Å². The minimum atomic E-state index is -0.986. The lowest BCUT2D eigenvalue weighted by atomic mass is 10.1. The van der Waals surface area contributed by atoms with Gasteiger partial charge in [0.05, 0.1) is 5.57 Å². The summed E-state index contributed by atoms with van der Waals surface area (Å²) >= 11 is 0. The first-order valence-electron chi connectivity index (χ1n) is 3.54. The Morgan fingerprint density at radius 1 is 1.64 bits per heavy atom. The van der Waals surface area contributed by atoms with Gasteiger partial charge in [0.25, 0.3) is 0 Å². The predicted octanol–water partition coefficient (Wildman–Crippen LogP) is 1.12. The first kappa shape index (κ1) is 9.97. The van der Waals surface area contributed by atoms with Crippen molar-refractivity contribution < 1.29 is 15.1 Å². The maximum atomic E-state index is 10.4. The van der Waals surface area contributed by atoms with Gasteiger partial charge >= 0.3 is 5.97 Å². The Balaban J connectivity index is 3.90. The normalized spacial score (nSPS) is 11.3. The Labute approximate surface area is 65.5 Å². The summed E-state index contributed by atoms with van der Waals surface area (Å²) in [4.78, 5) is 10.4. The van der Waals surface area contributed by atoms with Gasteiger partial charge in [-0.25, -0.2) is 4.79 Å². The van der Waals surface area contributed by atoms with Gasteiger partial charge in [0.15, 0.2) is 0 Å². The molecule has 0 aliphatic heterocycles. The summed E-state index contributed by atoms with van der Waals surface area (Å²) in [5.41, 5.74) is 1.92. The van der Waals surface area contributed by atoms with Gasteiger partial charge in [-0.15, -0.1) is 0 Å². The summed E-state index contributed by atoms with van der Waals surface area (Å²) in [7, 11) is 0. The number of hydrogen-bond donors (Lipinski definition) is 3. The molecule has 0 bridgehead atoms. The fraction of sp³-hybridized carbons (Fsp3) is 0.571. The first-order chi connectivity index (χ1) is 5.22. The third kappa shape index (κ3) is 4.38. The van der Waals surface area contributed by atoms with Gasteiger partial charge < -0.3 is 5.11 Å². The van der Waals surface area contributed by atoms with Crippen LogP contribution in [-0.4, -0.2) is 16.3 Å². The van der Waals surface area contributed by atoms with E-state index in [-0.39, 0.29) is 5.57 Å². The third-order valence-corrected chi connectivity index (χ3v) is 1.31. The zero-order valence-corrected chi connectivity index (χ0v) is 6.50. The molecule has 64 valence electrons. The molecule has 4 nitrogen and oxygen atoms in total. The largest absolute Gasteiger partial charge is 0.478 e. The number of rotatable bonds is 5. The average Bonchev–Trinajstić information content (AvgIpc) is 1.97. The van der Waals surface area contributed by atoms with Crippen molar-refractivity contribution in [1.82, 2.24) is 5.48 Å². The van der Waals surface area contributed by atoms with E-state index in [9.17, 15) is 4.79 Å². The Morgan fingerprint density at radius 3 is 2.64 bits per heavy atom. The summed E-state index contributed by atoms with van der Waals surface area (Å²) < 4.78 is 0. The summed E-state index contributed by atoms with van der Waals surface area (Å²) in [6, 6.07) is 0. The molecular weight excluding hydrogens is 146 g/mol. The Morgan fingerprint density at radius 2 is 2.27 bits per heavy atom. The number of hydroxylamine groups is 1. The molecule has 0 aliphatic carbocycles. The lowest BCUT2D eigenvalue weighted by Crippen LogP contribution is -2.06. The SMILES string of the molecule is CCCCC(=CNO)C(=O)O. The standard InChI is InChI=1S/C7H13NO3/c1-2-3-4-6(5-8-11)7(9)10/h5,8,11H,2-4H2,1H3,(H,9,10). The molecule has 0 aromatic carbocycles. The molecule has 0 saturated carbocycles. The van der Waals surface area contributed by atoms with Crippen molar-refractivity contribution in [3.05, 3.63) is 11.8 Å². The second kappa shape index (κ2) is 5.73. The minimum absolute atomic E-state index is 0.203. The van der Waals surface area contributed by atoms with Crippen LogP contribution in [0, 0.1) is 0 Å². The number of unbranched alkanes of at least 4 members (excludes halogenated alkanes) is 1. The molecule has 4 heteroatoms. The van der Waals surface area contributed by atoms with Crippen LogP contribution in [0.5, 0.6) is 0 Å². The van der Waals surface area contributed by atoms with Crippen molar-refractivity contribution in [1.29, 1.82) is 0 Å². The van der Waals surface area contributed by atoms with Crippen molar-refractivity contribution in [3.8, 4) is 0 Å². The van der Waals surface area contributed by atoms with Crippen molar-refractivity contribution in [2.45, 2.75) is 26.2 Å². The van der Waals surface area contributed by atoms with E-state index >= 15 is 0 Å². The smallest absolute Gasteiger partial charge is 0.333 e. The highest BCUT2D eigenvalue weighted by Crippen LogP contribution is 2.05. The lowest BCUT2D eigenvalue weighted by molar-refractivity contribution is -0.132. The van der Waals surface area contributed by atoms with Crippen LogP contribution in [0.15, 0.2) is 11.8 Å². The molecule has 0 fully saturated rings. The molecule has 0 rings (SSSR count). The molecule has 0 radical (unpaired) electrons. The van der Waals surface area contributed by atoms with Crippen molar-refractivity contribution in [2.24, 2.45) is 0 Å². The van der Waals surface area contributed by atoms with Gasteiger partial charge in [-0.2, -0.15) is 0 Å². The molecule has 11 heavy (non-hydrogen) atoms. The van der Waals surface area contributed by atoms with Crippen LogP contribution in [0.1, 0.15) is 26.2 Å². The van der Waals surface area contributed by atoms with Gasteiger partial charge in [-0.05, 0) is 12.8 Å². The van der Waals surface area contributed by atoms with E-state index in [1.807, 2.05) is 6.92 Å². The monoisotopic (exact) mass is 159 g/mol. The van der Waals surface area contributed by atoms with Crippen LogP contribution < -0.4 is 5.48 Å². The van der Waals surface area contributed by atoms with Gasteiger partial charge in [0, 0.05) is 6.20 Å². The summed E-state index contributed by atoms with van der Waals surface area (Å²) in [5, 5.41) is 16.7. The van der Waals surface area contributed by atoms with E-state index in [1.54, 1.807) is 5.48 Å². The lowest BCUT2D eigenvalue weighted by Gasteiger charge is -1.99. The summed E-state index contributed by atoms with van der Waals surface area (Å²) in [6.07, 6.45) is 3.34. The van der Waals surface area contributed by atoms with Crippen LogP contribution in [0.25, 0.3) is 0 Å². The number of carbonyl (C=O) groups is 1. The predicted molar refractivity (Wildman–Crippen MR) is 40.2 cm³/mol. The van der Waals surface area contributed by atoms with Crippen molar-refractivity contribution in [2.75, 3.05) is 0 Å². The fourth-order valence-electron chi connectivity index (χ4n) is 0.686. The summed E-state index contributed by atoms with van der Waals surface area (Å²) in [5.74, 6) is -0.986. The van der Waals surface area contributed by atoms with Gasteiger partial charge in [-0.3, -0.25) is 10.7 Å². The molecule has 0 aliphatic rings. The highest BCUT2D eigenvalue weighted by Gasteiger charge is 2.04. The molecule has 0 aromatic heterocycles. The third-order valence-electron chi connectivity index (χ3n) is 1.31. The Kier molecular flexibility index (Phi) is 5.20. The number of carboxylic acid groups (broad SMARTS) is 1. The molecule has 0 saturated heterocycles. The first-order valence-corrected chi connectivity index (χ1v) is 3.54. The molecule has 0 atom stereocenters. The van der Waals surface area contributed by atoms with Crippen LogP contribution >= 0.6 is 0 Å². The van der Waals surface area contributed by atoms with Gasteiger partial charge in [-0.1, -0.05) is 13.3 Å². The molecule has 0 spiro atoms. The zero-order chi connectivity index (χ0) is 8.69. The van der Waals surface area contributed by atoms with Gasteiger partial charge in [0.2, 0.25) is 0 Å². The zero-order valence-electron chi connectivity index (χ0n) is 6.50. The molecule has 0 unspecified atom stereocenters. The molecule has 0 aromatic rings. The number of hydrogen-bond acceptors (Lipinski definition) is 3. The highest BCUT2D eigenvalue weighted by molar-refractivity contribution is 5.86. The van der Waals surface area contributed by atoms with Crippen molar-refractivity contribution >= 4 is 5.97 Å². The topological polar surface area (TPSA) is 69.6 Å². The molecule has 0 heterocycles. The average molecular weight is 159 g/mol. The van der Waals surface area contributed by atoms with Crippen molar-refractivity contribution in [3.63, 3.8) is 0 Å². The highest BCUT2D eigenvalue weighted by atomic mass is 16.5. The maximum absolute atomic E-state index is 10.4. The van der Waals surface area contributed by atoms with E-state index in [4.69, 9.17) is 10.3 Å². The Bertz CT molecular complexity index is 154. The van der Waals surface area contributed by atoms with E-state index in [0.29, 0.717) is 6.42 Å². The second-order valence-corrected chi connectivity index (χ2v) is 2.21. The second-order valence-electron chi connectivity index (χ2n) is 2.21. The maximum Gasteiger partial charge on any atom is 0.333 e. The number of nitrogens with one attached hydrogen (secondary N) is 1. The van der Waals surface area contributed by atoms with Crippen LogP contribution in [-0.2, 0) is 4.79 Å². The quantitative estimate of drug-likeness (QED) is 0.415. The van der Waals surface area contributed by atoms with Crippen LogP contribution in [0.4, 0.5) is 0 Å². The number of carboxylic acids is 1. The van der Waals surface area contributed by atoms with E-state index in [0.717, 1.165) is 19.0 Å². The van der Waals surface area contributed by atoms with E-state index < -0.39 is 5.97 Å². The molecule has 0 amide bonds. The molecular formula is C7H13NO3. The van der Waals surface area contributed by atoms with E-state index in [2.05, 4.69) is 0 Å². The van der Waals surface area contributed by atoms with Gasteiger partial charge in [0.1, 0.15) is 0 Å².